The number of unbranched alkanes of at least 4 members (excludes halogenated alkanes) is 5. The molecule has 0 saturated carbocycles. The standard InChI is InChI=1S/C26H38O/c1-5-7-8-9-10-11-16-21(6-2)22-17-12-13-18-23(22)26(3,4)24-19-14-15-20-25(24)27/h12-15,17-21,27H,5-11,16H2,1-4H3. The van der Waals surface area contributed by atoms with Gasteiger partial charge in [0.2, 0.25) is 0 Å². The van der Waals surface area contributed by atoms with Gasteiger partial charge in [0, 0.05) is 11.0 Å². The molecule has 2 rings (SSSR count). The van der Waals surface area contributed by atoms with Gasteiger partial charge in [-0.1, -0.05) is 109 Å². The summed E-state index contributed by atoms with van der Waals surface area (Å²) in [6.07, 6.45) is 10.5. The third-order valence-electron chi connectivity index (χ3n) is 6.05. The van der Waals surface area contributed by atoms with Gasteiger partial charge in [0.1, 0.15) is 5.75 Å². The molecule has 0 bridgehead atoms. The Hall–Kier alpha value is -1.76. The van der Waals surface area contributed by atoms with Gasteiger partial charge in [-0.3, -0.25) is 0 Å². The number of aromatic hydroxyl groups is 1. The van der Waals surface area contributed by atoms with Gasteiger partial charge in [0.15, 0.2) is 0 Å². The summed E-state index contributed by atoms with van der Waals surface area (Å²) >= 11 is 0. The van der Waals surface area contributed by atoms with Crippen LogP contribution in [0.15, 0.2) is 48.5 Å². The lowest BCUT2D eigenvalue weighted by Crippen LogP contribution is -2.22. The molecule has 0 fully saturated rings. The summed E-state index contributed by atoms with van der Waals surface area (Å²) in [5, 5.41) is 10.4. The van der Waals surface area contributed by atoms with Crippen molar-refractivity contribution in [2.24, 2.45) is 0 Å². The van der Waals surface area contributed by atoms with E-state index in [4.69, 9.17) is 0 Å². The predicted octanol–water partition coefficient (Wildman–Crippen LogP) is 7.96. The average molecular weight is 367 g/mol. The molecule has 0 aromatic heterocycles. The summed E-state index contributed by atoms with van der Waals surface area (Å²) in [5.74, 6) is 0.985. The van der Waals surface area contributed by atoms with Gasteiger partial charge in [-0.25, -0.2) is 0 Å². The molecule has 1 nitrogen and oxygen atoms in total. The van der Waals surface area contributed by atoms with E-state index < -0.39 is 0 Å². The van der Waals surface area contributed by atoms with Crippen molar-refractivity contribution < 1.29 is 5.11 Å². The molecule has 0 radical (unpaired) electrons. The minimum Gasteiger partial charge on any atom is -0.508 e. The van der Waals surface area contributed by atoms with E-state index in [1.54, 1.807) is 6.07 Å². The van der Waals surface area contributed by atoms with Crippen LogP contribution in [0.25, 0.3) is 0 Å². The van der Waals surface area contributed by atoms with Crippen LogP contribution in [0.3, 0.4) is 0 Å². The van der Waals surface area contributed by atoms with E-state index in [9.17, 15) is 5.11 Å². The number of benzene rings is 2. The molecule has 0 amide bonds. The zero-order valence-electron chi connectivity index (χ0n) is 17.8. The summed E-state index contributed by atoms with van der Waals surface area (Å²) in [7, 11) is 0. The zero-order valence-corrected chi connectivity index (χ0v) is 17.8. The van der Waals surface area contributed by atoms with E-state index in [-0.39, 0.29) is 5.41 Å². The molecular formula is C26H38O. The van der Waals surface area contributed by atoms with Gasteiger partial charge in [-0.05, 0) is 36.0 Å². The third kappa shape index (κ3) is 5.61. The zero-order chi connectivity index (χ0) is 19.7. The predicted molar refractivity (Wildman–Crippen MR) is 118 cm³/mol. The van der Waals surface area contributed by atoms with E-state index in [2.05, 4.69) is 58.0 Å². The molecule has 0 heterocycles. The lowest BCUT2D eigenvalue weighted by atomic mass is 9.72. The Kier molecular flexibility index (Phi) is 8.41. The normalized spacial score (nSPS) is 12.9. The molecule has 1 unspecified atom stereocenters. The van der Waals surface area contributed by atoms with Crippen LogP contribution in [0, 0.1) is 0 Å². The number of para-hydroxylation sites is 1. The first-order valence-electron chi connectivity index (χ1n) is 10.9. The van der Waals surface area contributed by atoms with Crippen molar-refractivity contribution in [3.8, 4) is 5.75 Å². The first-order valence-corrected chi connectivity index (χ1v) is 10.9. The number of hydrogen-bond acceptors (Lipinski definition) is 1. The van der Waals surface area contributed by atoms with Crippen LogP contribution in [0.5, 0.6) is 5.75 Å². The summed E-state index contributed by atoms with van der Waals surface area (Å²) < 4.78 is 0. The fourth-order valence-corrected chi connectivity index (χ4v) is 4.32. The van der Waals surface area contributed by atoms with Gasteiger partial charge >= 0.3 is 0 Å². The molecule has 148 valence electrons. The van der Waals surface area contributed by atoms with E-state index in [0.717, 1.165) is 5.56 Å². The maximum Gasteiger partial charge on any atom is 0.119 e. The lowest BCUT2D eigenvalue weighted by Gasteiger charge is -2.31. The van der Waals surface area contributed by atoms with Gasteiger partial charge in [-0.15, -0.1) is 0 Å². The molecule has 0 spiro atoms. The molecule has 0 aliphatic carbocycles. The van der Waals surface area contributed by atoms with E-state index in [0.29, 0.717) is 11.7 Å². The number of hydrogen-bond donors (Lipinski definition) is 1. The Balaban J connectivity index is 2.19. The third-order valence-corrected chi connectivity index (χ3v) is 6.05. The minimum atomic E-state index is -0.212. The van der Waals surface area contributed by atoms with Crippen molar-refractivity contribution in [3.05, 3.63) is 65.2 Å². The molecule has 1 N–H and O–H groups in total. The first-order chi connectivity index (χ1) is 13.0. The molecule has 0 aliphatic rings. The topological polar surface area (TPSA) is 20.2 Å². The highest BCUT2D eigenvalue weighted by Crippen LogP contribution is 2.41. The van der Waals surface area contributed by atoms with Crippen molar-refractivity contribution in [3.63, 3.8) is 0 Å². The highest BCUT2D eigenvalue weighted by molar-refractivity contribution is 5.48. The summed E-state index contributed by atoms with van der Waals surface area (Å²) in [5.41, 5.74) is 3.61. The molecule has 1 atom stereocenters. The second kappa shape index (κ2) is 10.5. The number of phenols is 1. The van der Waals surface area contributed by atoms with E-state index in [1.807, 2.05) is 12.1 Å². The van der Waals surface area contributed by atoms with Crippen molar-refractivity contribution in [1.29, 1.82) is 0 Å². The summed E-state index contributed by atoms with van der Waals surface area (Å²) in [6, 6.07) is 16.6. The highest BCUT2D eigenvalue weighted by atomic mass is 16.3. The summed E-state index contributed by atoms with van der Waals surface area (Å²) in [6.45, 7) is 9.05. The molecular weight excluding hydrogens is 328 g/mol. The minimum absolute atomic E-state index is 0.212. The van der Waals surface area contributed by atoms with E-state index in [1.165, 1.54) is 62.5 Å². The first kappa shape index (κ1) is 21.5. The van der Waals surface area contributed by atoms with Crippen molar-refractivity contribution in [2.45, 2.75) is 90.4 Å². The Morgan fingerprint density at radius 3 is 2.04 bits per heavy atom. The number of rotatable bonds is 11. The Labute approximate surface area is 166 Å². The number of phenolic OH excluding ortho intramolecular Hbond substituents is 1. The smallest absolute Gasteiger partial charge is 0.119 e. The van der Waals surface area contributed by atoms with Crippen LogP contribution < -0.4 is 0 Å². The largest absolute Gasteiger partial charge is 0.508 e. The maximum absolute atomic E-state index is 10.4. The van der Waals surface area contributed by atoms with Gasteiger partial charge in [-0.2, -0.15) is 0 Å². The monoisotopic (exact) mass is 366 g/mol. The maximum atomic E-state index is 10.4. The van der Waals surface area contributed by atoms with Crippen LogP contribution in [0.4, 0.5) is 0 Å². The van der Waals surface area contributed by atoms with Crippen LogP contribution >= 0.6 is 0 Å². The lowest BCUT2D eigenvalue weighted by molar-refractivity contribution is 0.451. The Morgan fingerprint density at radius 2 is 1.37 bits per heavy atom. The second-order valence-electron chi connectivity index (χ2n) is 8.39. The van der Waals surface area contributed by atoms with Gasteiger partial charge in [0.25, 0.3) is 0 Å². The van der Waals surface area contributed by atoms with Crippen LogP contribution in [-0.4, -0.2) is 5.11 Å². The van der Waals surface area contributed by atoms with Crippen LogP contribution in [0.1, 0.15) is 102 Å². The van der Waals surface area contributed by atoms with Crippen molar-refractivity contribution in [2.75, 3.05) is 0 Å². The van der Waals surface area contributed by atoms with Crippen LogP contribution in [0.2, 0.25) is 0 Å². The quantitative estimate of drug-likeness (QED) is 0.400. The average Bonchev–Trinajstić information content (AvgIpc) is 2.68. The Morgan fingerprint density at radius 1 is 0.778 bits per heavy atom. The fraction of sp³-hybridized carbons (Fsp3) is 0.538. The molecule has 0 saturated heterocycles. The van der Waals surface area contributed by atoms with Crippen molar-refractivity contribution >= 4 is 0 Å². The van der Waals surface area contributed by atoms with Crippen molar-refractivity contribution in [1.82, 2.24) is 0 Å². The SMILES string of the molecule is CCCCCCCCC(CC)c1ccccc1C(C)(C)c1ccccc1O. The molecule has 0 aliphatic heterocycles. The summed E-state index contributed by atoms with van der Waals surface area (Å²) in [4.78, 5) is 0. The second-order valence-corrected chi connectivity index (χ2v) is 8.39. The van der Waals surface area contributed by atoms with Gasteiger partial charge in [0.05, 0.1) is 0 Å². The Bertz CT molecular complexity index is 686. The molecule has 2 aromatic carbocycles. The highest BCUT2D eigenvalue weighted by Gasteiger charge is 2.29. The van der Waals surface area contributed by atoms with E-state index >= 15 is 0 Å². The molecule has 1 heteroatoms. The molecule has 27 heavy (non-hydrogen) atoms. The molecule has 2 aromatic rings. The van der Waals surface area contributed by atoms with Crippen LogP contribution in [-0.2, 0) is 5.41 Å². The fourth-order valence-electron chi connectivity index (χ4n) is 4.32. The van der Waals surface area contributed by atoms with Gasteiger partial charge < -0.3 is 5.11 Å².